The molecule has 1 aliphatic rings. The summed E-state index contributed by atoms with van der Waals surface area (Å²) < 4.78 is 58.1. The zero-order valence-corrected chi connectivity index (χ0v) is 19.0. The molecule has 0 unspecified atom stereocenters. The molecule has 1 aliphatic heterocycles. The van der Waals surface area contributed by atoms with Crippen molar-refractivity contribution >= 4 is 17.6 Å². The van der Waals surface area contributed by atoms with Gasteiger partial charge in [-0.2, -0.15) is 13.2 Å². The van der Waals surface area contributed by atoms with Crippen LogP contribution < -0.4 is 5.32 Å². The lowest BCUT2D eigenvalue weighted by molar-refractivity contribution is -0.189. The van der Waals surface area contributed by atoms with Crippen LogP contribution in [0.15, 0.2) is 96.2 Å². The van der Waals surface area contributed by atoms with Crippen molar-refractivity contribution in [3.63, 3.8) is 0 Å². The molecule has 0 saturated heterocycles. The monoisotopic (exact) mass is 496 g/mol. The van der Waals surface area contributed by atoms with Crippen molar-refractivity contribution in [2.24, 2.45) is 0 Å². The van der Waals surface area contributed by atoms with Crippen molar-refractivity contribution < 1.29 is 31.9 Å². The molecule has 36 heavy (non-hydrogen) atoms. The Bertz CT molecular complexity index is 1340. The fraction of sp³-hybridized carbons (Fsp3) is 0.148. The van der Waals surface area contributed by atoms with Crippen LogP contribution in [-0.4, -0.2) is 34.2 Å². The summed E-state index contributed by atoms with van der Waals surface area (Å²) in [6.07, 6.45) is -5.38. The van der Waals surface area contributed by atoms with Crippen LogP contribution in [0.3, 0.4) is 0 Å². The van der Waals surface area contributed by atoms with Gasteiger partial charge in [0.15, 0.2) is 5.78 Å². The summed E-state index contributed by atoms with van der Waals surface area (Å²) in [5.74, 6) is -4.54. The molecule has 1 N–H and O–H groups in total. The van der Waals surface area contributed by atoms with Gasteiger partial charge in [-0.3, -0.25) is 14.4 Å². The van der Waals surface area contributed by atoms with Crippen molar-refractivity contribution in [3.05, 3.63) is 119 Å². The van der Waals surface area contributed by atoms with E-state index in [4.69, 9.17) is 0 Å². The maximum absolute atomic E-state index is 14.9. The van der Waals surface area contributed by atoms with Crippen LogP contribution >= 0.6 is 0 Å². The van der Waals surface area contributed by atoms with E-state index in [0.717, 1.165) is 29.2 Å². The third-order valence-corrected chi connectivity index (χ3v) is 5.99. The number of hydrogen-bond donors (Lipinski definition) is 1. The highest BCUT2D eigenvalue weighted by Gasteiger charge is 2.70. The van der Waals surface area contributed by atoms with Crippen LogP contribution in [0.5, 0.6) is 0 Å². The number of rotatable bonds is 6. The molecule has 0 radical (unpaired) electrons. The Morgan fingerprint density at radius 3 is 1.97 bits per heavy atom. The minimum atomic E-state index is -5.38. The van der Waals surface area contributed by atoms with Gasteiger partial charge in [0, 0.05) is 16.8 Å². The lowest BCUT2D eigenvalue weighted by atomic mass is 9.84. The summed E-state index contributed by atoms with van der Waals surface area (Å²) >= 11 is 0. The Balaban J connectivity index is 1.88. The second-order valence-corrected chi connectivity index (χ2v) is 8.24. The highest BCUT2D eigenvalue weighted by Crippen LogP contribution is 2.46. The first-order valence-electron chi connectivity index (χ1n) is 10.9. The Labute approximate surface area is 204 Å². The molecule has 0 bridgehead atoms. The summed E-state index contributed by atoms with van der Waals surface area (Å²) in [4.78, 5) is 40.9. The van der Waals surface area contributed by atoms with Crippen LogP contribution in [0.4, 0.5) is 17.6 Å². The number of alkyl halides is 3. The number of halogens is 4. The molecular formula is C27H20F4N2O3. The second kappa shape index (κ2) is 9.41. The van der Waals surface area contributed by atoms with Crippen molar-refractivity contribution in [1.29, 1.82) is 0 Å². The van der Waals surface area contributed by atoms with Crippen LogP contribution in [-0.2, 0) is 11.3 Å². The fourth-order valence-electron chi connectivity index (χ4n) is 4.19. The number of carbonyl (C=O) groups excluding carboxylic acids is 3. The average molecular weight is 496 g/mol. The van der Waals surface area contributed by atoms with E-state index in [1.807, 2.05) is 5.32 Å². The second-order valence-electron chi connectivity index (χ2n) is 8.24. The number of nitrogens with zero attached hydrogens (tertiary/aromatic N) is 1. The number of carbonyl (C=O) groups is 3. The molecular weight excluding hydrogens is 476 g/mol. The van der Waals surface area contributed by atoms with Crippen molar-refractivity contribution in [2.75, 3.05) is 0 Å². The molecule has 9 heteroatoms. The first-order chi connectivity index (χ1) is 17.1. The van der Waals surface area contributed by atoms with E-state index in [1.165, 1.54) is 31.2 Å². The molecule has 1 atom stereocenters. The van der Waals surface area contributed by atoms with Crippen LogP contribution in [0.2, 0.25) is 0 Å². The van der Waals surface area contributed by atoms with E-state index in [9.17, 15) is 31.9 Å². The normalized spacial score (nSPS) is 17.9. The first-order valence-corrected chi connectivity index (χ1v) is 10.9. The number of amides is 2. The molecule has 4 rings (SSSR count). The minimum Gasteiger partial charge on any atom is -0.326 e. The number of Topliss-reactive ketones (excluding diaryl/α,β-unsaturated/α-hetero) is 1. The first kappa shape index (κ1) is 24.8. The van der Waals surface area contributed by atoms with Gasteiger partial charge in [-0.25, -0.2) is 4.39 Å². The number of hydrogen-bond acceptors (Lipinski definition) is 3. The summed E-state index contributed by atoms with van der Waals surface area (Å²) in [6.45, 7) is 0.996. The molecule has 3 aromatic carbocycles. The van der Waals surface area contributed by atoms with Crippen LogP contribution in [0, 0.1) is 5.82 Å². The standard InChI is InChI=1S/C27H20F4N2O3/c1-17-22(23(34)19-10-6-3-7-11-19)26(27(29,30)31,32-24(35)20-12-14-21(28)15-13-20)25(36)33(17)16-18-8-4-2-5-9-18/h2-15H,16H2,1H3,(H,32,35)/t26-/m0/s1. The predicted octanol–water partition coefficient (Wildman–Crippen LogP) is 5.06. The van der Waals surface area contributed by atoms with Gasteiger partial charge in [-0.1, -0.05) is 60.7 Å². The summed E-state index contributed by atoms with van der Waals surface area (Å²) in [5.41, 5.74) is -4.62. The zero-order valence-electron chi connectivity index (χ0n) is 19.0. The fourth-order valence-corrected chi connectivity index (χ4v) is 4.19. The van der Waals surface area contributed by atoms with Crippen LogP contribution in [0.25, 0.3) is 0 Å². The Morgan fingerprint density at radius 1 is 0.861 bits per heavy atom. The third kappa shape index (κ3) is 4.28. The van der Waals surface area contributed by atoms with E-state index in [-0.39, 0.29) is 23.4 Å². The quantitative estimate of drug-likeness (QED) is 0.384. The largest absolute Gasteiger partial charge is 0.425 e. The summed E-state index contributed by atoms with van der Waals surface area (Å²) in [5, 5.41) is 1.81. The van der Waals surface area contributed by atoms with E-state index in [2.05, 4.69) is 0 Å². The molecule has 5 nitrogen and oxygen atoms in total. The van der Waals surface area contributed by atoms with Gasteiger partial charge < -0.3 is 10.2 Å². The topological polar surface area (TPSA) is 66.5 Å². The zero-order chi connectivity index (χ0) is 26.1. The number of allylic oxidation sites excluding steroid dienone is 1. The molecule has 0 aliphatic carbocycles. The molecule has 0 saturated carbocycles. The summed E-state index contributed by atoms with van der Waals surface area (Å²) in [7, 11) is 0. The lowest BCUT2D eigenvalue weighted by Crippen LogP contribution is -2.66. The Kier molecular flexibility index (Phi) is 6.49. The Hall–Kier alpha value is -4.27. The van der Waals surface area contributed by atoms with Crippen molar-refractivity contribution in [1.82, 2.24) is 10.2 Å². The van der Waals surface area contributed by atoms with E-state index < -0.39 is 40.7 Å². The van der Waals surface area contributed by atoms with Gasteiger partial charge >= 0.3 is 6.18 Å². The minimum absolute atomic E-state index is 0.0779. The summed E-state index contributed by atoms with van der Waals surface area (Å²) in [6, 6.07) is 19.3. The van der Waals surface area contributed by atoms with Gasteiger partial charge in [0.1, 0.15) is 5.82 Å². The molecule has 0 fully saturated rings. The number of nitrogens with one attached hydrogen (secondary N) is 1. The molecule has 0 aromatic heterocycles. The lowest BCUT2D eigenvalue weighted by Gasteiger charge is -2.33. The van der Waals surface area contributed by atoms with Gasteiger partial charge in [-0.15, -0.1) is 0 Å². The van der Waals surface area contributed by atoms with Crippen molar-refractivity contribution in [3.8, 4) is 0 Å². The predicted molar refractivity (Wildman–Crippen MR) is 123 cm³/mol. The number of benzene rings is 3. The van der Waals surface area contributed by atoms with Gasteiger partial charge in [0.05, 0.1) is 12.1 Å². The smallest absolute Gasteiger partial charge is 0.326 e. The van der Waals surface area contributed by atoms with Crippen molar-refractivity contribution in [2.45, 2.75) is 25.2 Å². The van der Waals surface area contributed by atoms with E-state index in [1.54, 1.807) is 36.4 Å². The molecule has 1 heterocycles. The van der Waals surface area contributed by atoms with E-state index >= 15 is 0 Å². The average Bonchev–Trinajstić information content (AvgIpc) is 3.07. The van der Waals surface area contributed by atoms with Gasteiger partial charge in [0.2, 0.25) is 5.54 Å². The van der Waals surface area contributed by atoms with E-state index in [0.29, 0.717) is 5.56 Å². The molecule has 184 valence electrons. The SMILES string of the molecule is CC1=C(C(=O)c2ccccc2)[C@@](NC(=O)c2ccc(F)cc2)(C(F)(F)F)C(=O)N1Cc1ccccc1. The van der Waals surface area contributed by atoms with Gasteiger partial charge in [0.25, 0.3) is 11.8 Å². The third-order valence-electron chi connectivity index (χ3n) is 5.99. The Morgan fingerprint density at radius 2 is 1.42 bits per heavy atom. The maximum atomic E-state index is 14.9. The highest BCUT2D eigenvalue weighted by molar-refractivity contribution is 6.19. The molecule has 2 amide bonds. The van der Waals surface area contributed by atoms with Crippen LogP contribution in [0.1, 0.15) is 33.2 Å². The molecule has 3 aromatic rings. The van der Waals surface area contributed by atoms with Gasteiger partial charge in [-0.05, 0) is 36.8 Å². The maximum Gasteiger partial charge on any atom is 0.425 e. The number of ketones is 1. The highest BCUT2D eigenvalue weighted by atomic mass is 19.4. The molecule has 0 spiro atoms.